The number of ether oxygens (including phenoxy) is 1. The van der Waals surface area contributed by atoms with E-state index < -0.39 is 11.9 Å². The molecule has 1 aliphatic heterocycles. The second kappa shape index (κ2) is 7.51. The Morgan fingerprint density at radius 1 is 1.37 bits per heavy atom. The molecule has 0 fully saturated rings. The lowest BCUT2D eigenvalue weighted by atomic mass is 10.0. The van der Waals surface area contributed by atoms with Crippen molar-refractivity contribution in [3.63, 3.8) is 0 Å². The molecule has 3 heterocycles. The van der Waals surface area contributed by atoms with E-state index in [1.165, 1.54) is 18.2 Å². The number of amides is 1. The van der Waals surface area contributed by atoms with E-state index in [0.29, 0.717) is 29.3 Å². The molecule has 0 spiro atoms. The zero-order valence-electron chi connectivity index (χ0n) is 17.6. The molecular formula is C22H26FN5O2. The molecule has 1 aliphatic rings. The number of carbonyl (C=O) groups is 1. The summed E-state index contributed by atoms with van der Waals surface area (Å²) in [4.78, 5) is 19.1. The van der Waals surface area contributed by atoms with Gasteiger partial charge in [0.15, 0.2) is 11.6 Å². The lowest BCUT2D eigenvalue weighted by Crippen LogP contribution is -2.32. The number of benzene rings is 1. The molecule has 0 radical (unpaired) electrons. The van der Waals surface area contributed by atoms with Crippen LogP contribution in [0, 0.1) is 11.7 Å². The molecule has 1 atom stereocenters. The largest absolute Gasteiger partial charge is 0.482 e. The molecule has 1 amide bonds. The molecular weight excluding hydrogens is 385 g/mol. The Morgan fingerprint density at radius 3 is 2.87 bits per heavy atom. The molecule has 30 heavy (non-hydrogen) atoms. The van der Waals surface area contributed by atoms with E-state index >= 15 is 0 Å². The highest BCUT2D eigenvalue weighted by Crippen LogP contribution is 2.35. The Kier molecular flexibility index (Phi) is 5.01. The Balaban J connectivity index is 1.87. The number of carbonyl (C=O) groups excluding carboxylic acids is 1. The maximum absolute atomic E-state index is 14.0. The van der Waals surface area contributed by atoms with Crippen LogP contribution in [0.3, 0.4) is 0 Å². The Bertz CT molecular complexity index is 1100. The number of pyridine rings is 1. The first-order valence-electron chi connectivity index (χ1n) is 9.99. The molecule has 4 rings (SSSR count). The minimum absolute atomic E-state index is 0.202. The maximum atomic E-state index is 14.0. The van der Waals surface area contributed by atoms with Gasteiger partial charge in [0, 0.05) is 36.5 Å². The molecule has 0 saturated carbocycles. The van der Waals surface area contributed by atoms with Gasteiger partial charge in [0.2, 0.25) is 0 Å². The van der Waals surface area contributed by atoms with Crippen LogP contribution in [0.15, 0.2) is 30.5 Å². The van der Waals surface area contributed by atoms with E-state index in [4.69, 9.17) is 10.5 Å². The fraction of sp³-hybridized carbons (Fsp3) is 0.364. The molecule has 158 valence electrons. The summed E-state index contributed by atoms with van der Waals surface area (Å²) < 4.78 is 22.1. The second-order valence-electron chi connectivity index (χ2n) is 8.20. The highest BCUT2D eigenvalue weighted by Gasteiger charge is 2.26. The van der Waals surface area contributed by atoms with Crippen LogP contribution in [0.5, 0.6) is 5.75 Å². The van der Waals surface area contributed by atoms with E-state index in [9.17, 15) is 9.18 Å². The summed E-state index contributed by atoms with van der Waals surface area (Å²) in [5, 5.41) is 3.34. The predicted octanol–water partition coefficient (Wildman–Crippen LogP) is 3.98. The number of nitrogens with zero attached hydrogens (tertiary/aromatic N) is 3. The molecule has 2 aromatic heterocycles. The number of hydrogen-bond donors (Lipinski definition) is 2. The number of nitrogen functional groups attached to an aromatic ring is 1. The van der Waals surface area contributed by atoms with Gasteiger partial charge in [-0.1, -0.05) is 13.8 Å². The van der Waals surface area contributed by atoms with Crippen LogP contribution >= 0.6 is 0 Å². The number of halogens is 1. The fourth-order valence-corrected chi connectivity index (χ4v) is 3.84. The predicted molar refractivity (Wildman–Crippen MR) is 113 cm³/mol. The van der Waals surface area contributed by atoms with Gasteiger partial charge < -0.3 is 15.4 Å². The summed E-state index contributed by atoms with van der Waals surface area (Å²) in [6.45, 7) is 7.23. The first-order chi connectivity index (χ1) is 14.2. The lowest BCUT2D eigenvalue weighted by molar-refractivity contribution is 0.0775. The minimum Gasteiger partial charge on any atom is -0.482 e. The first kappa shape index (κ1) is 20.0. The van der Waals surface area contributed by atoms with Crippen LogP contribution in [-0.4, -0.2) is 32.6 Å². The number of rotatable bonds is 2. The molecule has 0 aliphatic carbocycles. The Hall–Kier alpha value is -3.29. The van der Waals surface area contributed by atoms with Gasteiger partial charge in [0.1, 0.15) is 11.9 Å². The van der Waals surface area contributed by atoms with Crippen molar-refractivity contribution in [2.75, 3.05) is 12.8 Å². The quantitative estimate of drug-likeness (QED) is 0.668. The van der Waals surface area contributed by atoms with Crippen LogP contribution in [-0.2, 0) is 13.1 Å². The molecule has 1 aromatic carbocycles. The zero-order chi connectivity index (χ0) is 21.6. The van der Waals surface area contributed by atoms with Gasteiger partial charge in [0.25, 0.3) is 5.91 Å². The van der Waals surface area contributed by atoms with Gasteiger partial charge >= 0.3 is 0 Å². The number of H-pyrrole nitrogens is 1. The summed E-state index contributed by atoms with van der Waals surface area (Å²) in [6.07, 6.45) is 1.11. The van der Waals surface area contributed by atoms with Gasteiger partial charge in [-0.3, -0.25) is 14.6 Å². The van der Waals surface area contributed by atoms with Gasteiger partial charge in [-0.2, -0.15) is 0 Å². The van der Waals surface area contributed by atoms with Crippen molar-refractivity contribution < 1.29 is 13.9 Å². The average molecular weight is 411 g/mol. The van der Waals surface area contributed by atoms with Crippen LogP contribution in [0.2, 0.25) is 0 Å². The SMILES string of the molecule is CC(C)Cn1[nH]c2c1-c1cnc(N)c(c1)OC(C)c1cc(F)ccc1C(=O)N(C)C2. The van der Waals surface area contributed by atoms with Crippen LogP contribution in [0.4, 0.5) is 10.2 Å². The molecule has 7 nitrogen and oxygen atoms in total. The van der Waals surface area contributed by atoms with Crippen LogP contribution in [0.25, 0.3) is 11.3 Å². The van der Waals surface area contributed by atoms with Gasteiger partial charge in [0.05, 0.1) is 17.9 Å². The van der Waals surface area contributed by atoms with Crippen LogP contribution < -0.4 is 10.5 Å². The number of hydrogen-bond acceptors (Lipinski definition) is 4. The topological polar surface area (TPSA) is 89.2 Å². The molecule has 8 heteroatoms. The summed E-state index contributed by atoms with van der Waals surface area (Å²) in [5.74, 6) is 0.452. The van der Waals surface area contributed by atoms with Crippen molar-refractivity contribution >= 4 is 11.7 Å². The van der Waals surface area contributed by atoms with Crippen LogP contribution in [0.1, 0.15) is 48.5 Å². The second-order valence-corrected chi connectivity index (χ2v) is 8.20. The van der Waals surface area contributed by atoms with Crippen molar-refractivity contribution in [3.8, 4) is 17.0 Å². The molecule has 1 unspecified atom stereocenters. The molecule has 3 aromatic rings. The zero-order valence-corrected chi connectivity index (χ0v) is 17.6. The smallest absolute Gasteiger partial charge is 0.254 e. The number of nitrogens with one attached hydrogen (secondary N) is 1. The third-order valence-electron chi connectivity index (χ3n) is 5.26. The maximum Gasteiger partial charge on any atom is 0.254 e. The summed E-state index contributed by atoms with van der Waals surface area (Å²) >= 11 is 0. The average Bonchev–Trinajstić information content (AvgIpc) is 2.67. The molecule has 3 N–H and O–H groups in total. The molecule has 2 bridgehead atoms. The summed E-state index contributed by atoms with van der Waals surface area (Å²) in [5.41, 5.74) is 9.64. The summed E-state index contributed by atoms with van der Waals surface area (Å²) in [6, 6.07) is 5.98. The number of nitrogens with two attached hydrogens (primary N) is 1. The van der Waals surface area contributed by atoms with Crippen molar-refractivity contribution in [1.82, 2.24) is 19.7 Å². The Morgan fingerprint density at radius 2 is 2.13 bits per heavy atom. The fourth-order valence-electron chi connectivity index (χ4n) is 3.84. The van der Waals surface area contributed by atoms with Gasteiger partial charge in [-0.25, -0.2) is 9.37 Å². The van der Waals surface area contributed by atoms with Crippen molar-refractivity contribution in [3.05, 3.63) is 53.1 Å². The number of anilines is 1. The van der Waals surface area contributed by atoms with Crippen molar-refractivity contribution in [1.29, 1.82) is 0 Å². The van der Waals surface area contributed by atoms with Crippen molar-refractivity contribution in [2.45, 2.75) is 40.0 Å². The number of fused-ring (bicyclic) bond motifs is 5. The normalized spacial score (nSPS) is 16.5. The van der Waals surface area contributed by atoms with E-state index in [0.717, 1.165) is 23.5 Å². The van der Waals surface area contributed by atoms with Crippen molar-refractivity contribution in [2.24, 2.45) is 5.92 Å². The Labute approximate surface area is 174 Å². The van der Waals surface area contributed by atoms with Gasteiger partial charge in [-0.15, -0.1) is 0 Å². The summed E-state index contributed by atoms with van der Waals surface area (Å²) in [7, 11) is 1.73. The van der Waals surface area contributed by atoms with E-state index in [2.05, 4.69) is 23.9 Å². The number of aromatic nitrogens is 3. The van der Waals surface area contributed by atoms with E-state index in [-0.39, 0.29) is 11.7 Å². The highest BCUT2D eigenvalue weighted by molar-refractivity contribution is 5.95. The monoisotopic (exact) mass is 411 g/mol. The first-order valence-corrected chi connectivity index (χ1v) is 9.99. The third-order valence-corrected chi connectivity index (χ3v) is 5.26. The van der Waals surface area contributed by atoms with E-state index in [1.54, 1.807) is 25.1 Å². The lowest BCUT2D eigenvalue weighted by Gasteiger charge is -2.29. The van der Waals surface area contributed by atoms with E-state index in [1.807, 2.05) is 10.7 Å². The minimum atomic E-state index is -0.591. The molecule has 0 saturated heterocycles. The standard InChI is InChI=1S/C22H26FN5O2/c1-12(2)10-28-20-14-7-19(21(24)25-9-14)30-13(3)17-8-15(23)5-6-16(17)22(29)27(4)11-18(20)26-28/h5-9,12-13,26H,10-11H2,1-4H3,(H2,24,25). The highest BCUT2D eigenvalue weighted by atomic mass is 19.1. The number of aromatic amines is 1. The third kappa shape index (κ3) is 3.53. The van der Waals surface area contributed by atoms with Gasteiger partial charge in [-0.05, 0) is 37.1 Å².